The molecule has 5 heteroatoms. The Bertz CT molecular complexity index is 703. The fourth-order valence-electron chi connectivity index (χ4n) is 2.93. The van der Waals surface area contributed by atoms with Crippen molar-refractivity contribution in [3.63, 3.8) is 0 Å². The van der Waals surface area contributed by atoms with Crippen molar-refractivity contribution in [2.45, 2.75) is 45.6 Å². The van der Waals surface area contributed by atoms with Crippen LogP contribution in [0.1, 0.15) is 59.7 Å². The Morgan fingerprint density at radius 3 is 2.87 bits per heavy atom. The first-order valence-corrected chi connectivity index (χ1v) is 8.34. The lowest BCUT2D eigenvalue weighted by molar-refractivity contribution is 0.0921. The van der Waals surface area contributed by atoms with Crippen molar-refractivity contribution in [2.24, 2.45) is 13.0 Å². The van der Waals surface area contributed by atoms with Gasteiger partial charge in [-0.05, 0) is 55.9 Å². The molecule has 0 radical (unpaired) electrons. The minimum atomic E-state index is -0.0671. The molecule has 122 valence electrons. The molecule has 1 amide bonds. The van der Waals surface area contributed by atoms with Gasteiger partial charge in [-0.3, -0.25) is 14.5 Å². The molecule has 0 unspecified atom stereocenters. The second-order valence-electron chi connectivity index (χ2n) is 6.44. The Morgan fingerprint density at radius 1 is 1.43 bits per heavy atom. The monoisotopic (exact) mass is 312 g/mol. The van der Waals surface area contributed by atoms with E-state index in [-0.39, 0.29) is 11.9 Å². The van der Waals surface area contributed by atoms with Crippen LogP contribution >= 0.6 is 0 Å². The van der Waals surface area contributed by atoms with Gasteiger partial charge in [0.05, 0.1) is 17.4 Å². The molecule has 2 aromatic heterocycles. The second-order valence-corrected chi connectivity index (χ2v) is 6.44. The molecule has 1 fully saturated rings. The maximum atomic E-state index is 12.7. The molecular formula is C18H24N4O. The van der Waals surface area contributed by atoms with Crippen molar-refractivity contribution in [1.29, 1.82) is 0 Å². The summed E-state index contributed by atoms with van der Waals surface area (Å²) < 4.78 is 1.67. The van der Waals surface area contributed by atoms with E-state index in [1.807, 2.05) is 25.4 Å². The fourth-order valence-corrected chi connectivity index (χ4v) is 2.93. The highest BCUT2D eigenvalue weighted by molar-refractivity contribution is 5.93. The number of amides is 1. The third-order valence-corrected chi connectivity index (χ3v) is 4.30. The SMILES string of the molecule is CCCc1cc(C(=O)N[C@@H](c2cc(C)ccn2)C2CC2)n(C)n1. The topological polar surface area (TPSA) is 59.8 Å². The van der Waals surface area contributed by atoms with Gasteiger partial charge in [-0.25, -0.2) is 0 Å². The molecule has 1 aliphatic rings. The first-order chi connectivity index (χ1) is 11.1. The van der Waals surface area contributed by atoms with Crippen LogP contribution in [0, 0.1) is 12.8 Å². The Kier molecular flexibility index (Phi) is 4.46. The Balaban J connectivity index is 1.79. The van der Waals surface area contributed by atoms with Gasteiger partial charge in [0, 0.05) is 13.2 Å². The molecule has 0 aromatic carbocycles. The van der Waals surface area contributed by atoms with Crippen molar-refractivity contribution in [3.05, 3.63) is 47.0 Å². The standard InChI is InChI=1S/C18H24N4O/c1-4-5-14-11-16(22(3)21-14)18(23)20-17(13-6-7-13)15-10-12(2)8-9-19-15/h8-11,13,17H,4-7H2,1-3H3,(H,20,23)/t17-/m1/s1. The number of hydrogen-bond donors (Lipinski definition) is 1. The zero-order valence-electron chi connectivity index (χ0n) is 14.0. The van der Waals surface area contributed by atoms with Crippen molar-refractivity contribution in [2.75, 3.05) is 0 Å². The summed E-state index contributed by atoms with van der Waals surface area (Å²) in [6, 6.07) is 5.93. The van der Waals surface area contributed by atoms with Gasteiger partial charge >= 0.3 is 0 Å². The summed E-state index contributed by atoms with van der Waals surface area (Å²) in [6.45, 7) is 4.16. The van der Waals surface area contributed by atoms with E-state index in [9.17, 15) is 4.79 Å². The number of rotatable bonds is 6. The molecule has 23 heavy (non-hydrogen) atoms. The lowest BCUT2D eigenvalue weighted by atomic mass is 10.1. The third-order valence-electron chi connectivity index (χ3n) is 4.30. The zero-order chi connectivity index (χ0) is 16.4. The van der Waals surface area contributed by atoms with E-state index in [0.29, 0.717) is 11.6 Å². The van der Waals surface area contributed by atoms with E-state index in [1.54, 1.807) is 4.68 Å². The number of aromatic nitrogens is 3. The summed E-state index contributed by atoms with van der Waals surface area (Å²) in [5.74, 6) is 0.430. The van der Waals surface area contributed by atoms with Gasteiger partial charge in [0.1, 0.15) is 5.69 Å². The van der Waals surface area contributed by atoms with Crippen LogP contribution in [-0.4, -0.2) is 20.7 Å². The van der Waals surface area contributed by atoms with Crippen molar-refractivity contribution in [3.8, 4) is 0 Å². The maximum absolute atomic E-state index is 12.7. The molecule has 0 aliphatic heterocycles. The van der Waals surface area contributed by atoms with Crippen LogP contribution in [-0.2, 0) is 13.5 Å². The highest BCUT2D eigenvalue weighted by atomic mass is 16.2. The van der Waals surface area contributed by atoms with Crippen LogP contribution in [0.4, 0.5) is 0 Å². The van der Waals surface area contributed by atoms with Gasteiger partial charge in [0.2, 0.25) is 0 Å². The van der Waals surface area contributed by atoms with Crippen LogP contribution in [0.2, 0.25) is 0 Å². The number of carbonyl (C=O) groups excluding carboxylic acids is 1. The van der Waals surface area contributed by atoms with E-state index >= 15 is 0 Å². The van der Waals surface area contributed by atoms with Gasteiger partial charge in [0.15, 0.2) is 0 Å². The van der Waals surface area contributed by atoms with Crippen LogP contribution in [0.25, 0.3) is 0 Å². The largest absolute Gasteiger partial charge is 0.342 e. The summed E-state index contributed by atoms with van der Waals surface area (Å²) in [5.41, 5.74) is 3.71. The first-order valence-electron chi connectivity index (χ1n) is 8.34. The van der Waals surface area contributed by atoms with E-state index in [1.165, 1.54) is 5.56 Å². The van der Waals surface area contributed by atoms with Gasteiger partial charge in [-0.2, -0.15) is 5.10 Å². The summed E-state index contributed by atoms with van der Waals surface area (Å²) in [5, 5.41) is 7.59. The maximum Gasteiger partial charge on any atom is 0.270 e. The quantitative estimate of drug-likeness (QED) is 0.892. The zero-order valence-corrected chi connectivity index (χ0v) is 14.0. The molecule has 0 saturated heterocycles. The minimum absolute atomic E-state index is 0.00748. The van der Waals surface area contributed by atoms with E-state index in [4.69, 9.17) is 0 Å². The molecule has 1 saturated carbocycles. The third kappa shape index (κ3) is 3.60. The van der Waals surface area contributed by atoms with Crippen molar-refractivity contribution < 1.29 is 4.79 Å². The van der Waals surface area contributed by atoms with Crippen LogP contribution in [0.5, 0.6) is 0 Å². The minimum Gasteiger partial charge on any atom is -0.342 e. The van der Waals surface area contributed by atoms with E-state index in [0.717, 1.165) is 37.1 Å². The number of carbonyl (C=O) groups is 1. The number of pyridine rings is 1. The van der Waals surface area contributed by atoms with Crippen molar-refractivity contribution >= 4 is 5.91 Å². The molecule has 0 bridgehead atoms. The lowest BCUT2D eigenvalue weighted by Gasteiger charge is -2.18. The molecule has 3 rings (SSSR count). The van der Waals surface area contributed by atoms with Gasteiger partial charge < -0.3 is 5.32 Å². The van der Waals surface area contributed by atoms with Crippen LogP contribution in [0.3, 0.4) is 0 Å². The summed E-state index contributed by atoms with van der Waals surface area (Å²) in [7, 11) is 1.82. The number of aryl methyl sites for hydroxylation is 3. The highest BCUT2D eigenvalue weighted by Crippen LogP contribution is 2.40. The van der Waals surface area contributed by atoms with Gasteiger partial charge in [-0.1, -0.05) is 13.3 Å². The van der Waals surface area contributed by atoms with E-state index < -0.39 is 0 Å². The summed E-state index contributed by atoms with van der Waals surface area (Å²) in [6.07, 6.45) is 6.03. The van der Waals surface area contributed by atoms with Crippen molar-refractivity contribution in [1.82, 2.24) is 20.1 Å². The van der Waals surface area contributed by atoms with Crippen LogP contribution < -0.4 is 5.32 Å². The lowest BCUT2D eigenvalue weighted by Crippen LogP contribution is -2.31. The van der Waals surface area contributed by atoms with Gasteiger partial charge in [-0.15, -0.1) is 0 Å². The highest BCUT2D eigenvalue weighted by Gasteiger charge is 2.35. The molecular weight excluding hydrogens is 288 g/mol. The van der Waals surface area contributed by atoms with Crippen LogP contribution in [0.15, 0.2) is 24.4 Å². The second kappa shape index (κ2) is 6.52. The fraction of sp³-hybridized carbons (Fsp3) is 0.500. The Labute approximate surface area is 137 Å². The number of nitrogens with zero attached hydrogens (tertiary/aromatic N) is 3. The van der Waals surface area contributed by atoms with Gasteiger partial charge in [0.25, 0.3) is 5.91 Å². The molecule has 1 N–H and O–H groups in total. The predicted molar refractivity (Wildman–Crippen MR) is 89.1 cm³/mol. The average molecular weight is 312 g/mol. The molecule has 1 atom stereocenters. The number of nitrogens with one attached hydrogen (secondary N) is 1. The first kappa shape index (κ1) is 15.7. The molecule has 0 spiro atoms. The Morgan fingerprint density at radius 2 is 2.22 bits per heavy atom. The smallest absolute Gasteiger partial charge is 0.270 e. The Hall–Kier alpha value is -2.17. The molecule has 1 aliphatic carbocycles. The summed E-state index contributed by atoms with van der Waals surface area (Å²) in [4.78, 5) is 17.2. The average Bonchev–Trinajstić information content (AvgIpc) is 3.28. The molecule has 2 heterocycles. The molecule has 2 aromatic rings. The normalized spacial score (nSPS) is 15.4. The molecule has 5 nitrogen and oxygen atoms in total. The van der Waals surface area contributed by atoms with E-state index in [2.05, 4.69) is 35.3 Å². The summed E-state index contributed by atoms with van der Waals surface area (Å²) >= 11 is 0. The number of hydrogen-bond acceptors (Lipinski definition) is 3. The predicted octanol–water partition coefficient (Wildman–Crippen LogP) is 2.96.